The minimum atomic E-state index is -0.00839. The highest BCUT2D eigenvalue weighted by Gasteiger charge is 2.24. The van der Waals surface area contributed by atoms with Crippen LogP contribution < -0.4 is 4.74 Å². The van der Waals surface area contributed by atoms with E-state index in [0.717, 1.165) is 10.9 Å². The third-order valence-electron chi connectivity index (χ3n) is 3.78. The molecule has 1 saturated heterocycles. The minimum absolute atomic E-state index is 0.00839. The Kier molecular flexibility index (Phi) is 5.83. The summed E-state index contributed by atoms with van der Waals surface area (Å²) in [7, 11) is 1.59. The number of carbonyl (C=O) groups excluding carboxylic acids is 2. The quantitative estimate of drug-likeness (QED) is 0.820. The Morgan fingerprint density at radius 2 is 1.82 bits per heavy atom. The number of ether oxygens (including phenoxy) is 1. The molecule has 1 heterocycles. The molecule has 1 aromatic rings. The largest absolute Gasteiger partial charge is 0.496 e. The van der Waals surface area contributed by atoms with Crippen molar-refractivity contribution < 1.29 is 14.3 Å². The zero-order chi connectivity index (χ0) is 16.1. The second-order valence-corrected chi connectivity index (χ2v) is 6.13. The first kappa shape index (κ1) is 16.8. The van der Waals surface area contributed by atoms with Gasteiger partial charge in [-0.3, -0.25) is 9.59 Å². The third kappa shape index (κ3) is 3.80. The van der Waals surface area contributed by atoms with Gasteiger partial charge in [0.15, 0.2) is 0 Å². The van der Waals surface area contributed by atoms with Gasteiger partial charge in [0, 0.05) is 38.2 Å². The molecular formula is C16H21BrN2O3. The number of methoxy groups -OCH3 is 1. The molecule has 0 N–H and O–H groups in total. The summed E-state index contributed by atoms with van der Waals surface area (Å²) >= 11 is 3.40. The van der Waals surface area contributed by atoms with Crippen LogP contribution in [0.4, 0.5) is 0 Å². The third-order valence-corrected chi connectivity index (χ3v) is 4.40. The highest BCUT2D eigenvalue weighted by atomic mass is 79.9. The molecular weight excluding hydrogens is 348 g/mol. The molecule has 0 atom stereocenters. The van der Waals surface area contributed by atoms with Crippen LogP contribution in [0, 0.1) is 0 Å². The highest BCUT2D eigenvalue weighted by Crippen LogP contribution is 2.26. The SMILES string of the molecule is CCCC(=O)N1CCN(C(=O)c2ccc(OC)c(Br)c2)CC1. The average molecular weight is 369 g/mol. The van der Waals surface area contributed by atoms with Crippen molar-refractivity contribution in [3.8, 4) is 5.75 Å². The van der Waals surface area contributed by atoms with Gasteiger partial charge in [0.2, 0.25) is 5.91 Å². The van der Waals surface area contributed by atoms with Crippen LogP contribution in [0.3, 0.4) is 0 Å². The zero-order valence-electron chi connectivity index (χ0n) is 13.0. The molecule has 1 aliphatic rings. The molecule has 0 aromatic heterocycles. The Morgan fingerprint density at radius 1 is 1.18 bits per heavy atom. The maximum Gasteiger partial charge on any atom is 0.254 e. The maximum atomic E-state index is 12.5. The molecule has 0 unspecified atom stereocenters. The van der Waals surface area contributed by atoms with Gasteiger partial charge in [0.25, 0.3) is 5.91 Å². The predicted molar refractivity (Wildman–Crippen MR) is 88.1 cm³/mol. The zero-order valence-corrected chi connectivity index (χ0v) is 14.6. The molecule has 0 aliphatic carbocycles. The summed E-state index contributed by atoms with van der Waals surface area (Å²) < 4.78 is 5.93. The first-order chi connectivity index (χ1) is 10.6. The second kappa shape index (κ2) is 7.63. The van der Waals surface area contributed by atoms with Crippen molar-refractivity contribution >= 4 is 27.7 Å². The highest BCUT2D eigenvalue weighted by molar-refractivity contribution is 9.10. The van der Waals surface area contributed by atoms with Crippen LogP contribution in [-0.2, 0) is 4.79 Å². The van der Waals surface area contributed by atoms with Crippen molar-refractivity contribution in [3.63, 3.8) is 0 Å². The normalized spacial score (nSPS) is 14.9. The first-order valence-electron chi connectivity index (χ1n) is 7.47. The fourth-order valence-corrected chi connectivity index (χ4v) is 3.05. The first-order valence-corrected chi connectivity index (χ1v) is 8.26. The van der Waals surface area contributed by atoms with Crippen molar-refractivity contribution in [2.24, 2.45) is 0 Å². The van der Waals surface area contributed by atoms with Crippen molar-refractivity contribution in [3.05, 3.63) is 28.2 Å². The molecule has 2 rings (SSSR count). The Bertz CT molecular complexity index is 554. The lowest BCUT2D eigenvalue weighted by Crippen LogP contribution is -2.50. The molecule has 1 aliphatic heterocycles. The molecule has 22 heavy (non-hydrogen) atoms. The number of halogens is 1. The summed E-state index contributed by atoms with van der Waals surface area (Å²) in [4.78, 5) is 28.0. The summed E-state index contributed by atoms with van der Waals surface area (Å²) in [6.45, 7) is 4.39. The Morgan fingerprint density at radius 3 is 2.36 bits per heavy atom. The molecule has 6 heteroatoms. The van der Waals surface area contributed by atoms with Crippen LogP contribution in [0.5, 0.6) is 5.75 Å². The summed E-state index contributed by atoms with van der Waals surface area (Å²) in [6, 6.07) is 5.31. The fraction of sp³-hybridized carbons (Fsp3) is 0.500. The number of amides is 2. The molecule has 1 aromatic carbocycles. The number of benzene rings is 1. The lowest BCUT2D eigenvalue weighted by Gasteiger charge is -2.35. The molecule has 0 saturated carbocycles. The Labute approximate surface area is 139 Å². The maximum absolute atomic E-state index is 12.5. The summed E-state index contributed by atoms with van der Waals surface area (Å²) in [6.07, 6.45) is 1.44. The Hall–Kier alpha value is -1.56. The molecule has 1 fully saturated rings. The summed E-state index contributed by atoms with van der Waals surface area (Å²) in [5.41, 5.74) is 0.626. The lowest BCUT2D eigenvalue weighted by molar-refractivity contribution is -0.132. The fourth-order valence-electron chi connectivity index (χ4n) is 2.51. The molecule has 2 amide bonds. The van der Waals surface area contributed by atoms with Crippen LogP contribution in [0.15, 0.2) is 22.7 Å². The van der Waals surface area contributed by atoms with E-state index in [2.05, 4.69) is 15.9 Å². The van der Waals surface area contributed by atoms with Gasteiger partial charge < -0.3 is 14.5 Å². The Balaban J connectivity index is 1.98. The molecule has 0 bridgehead atoms. The van der Waals surface area contributed by atoms with Crippen molar-refractivity contribution in [1.29, 1.82) is 0 Å². The van der Waals surface area contributed by atoms with Crippen LogP contribution in [0.2, 0.25) is 0 Å². The molecule has 0 spiro atoms. The van der Waals surface area contributed by atoms with E-state index >= 15 is 0 Å². The summed E-state index contributed by atoms with van der Waals surface area (Å²) in [5, 5.41) is 0. The van der Waals surface area contributed by atoms with Crippen LogP contribution >= 0.6 is 15.9 Å². The van der Waals surface area contributed by atoms with Crippen LogP contribution in [-0.4, -0.2) is 54.9 Å². The van der Waals surface area contributed by atoms with Crippen LogP contribution in [0.1, 0.15) is 30.1 Å². The monoisotopic (exact) mass is 368 g/mol. The van der Waals surface area contributed by atoms with E-state index in [1.54, 1.807) is 30.2 Å². The van der Waals surface area contributed by atoms with E-state index in [1.807, 2.05) is 11.8 Å². The van der Waals surface area contributed by atoms with Crippen molar-refractivity contribution in [2.75, 3.05) is 33.3 Å². The number of hydrogen-bond acceptors (Lipinski definition) is 3. The second-order valence-electron chi connectivity index (χ2n) is 5.27. The smallest absolute Gasteiger partial charge is 0.254 e. The topological polar surface area (TPSA) is 49.9 Å². The summed E-state index contributed by atoms with van der Waals surface area (Å²) in [5.74, 6) is 0.874. The van der Waals surface area contributed by atoms with E-state index in [4.69, 9.17) is 4.74 Å². The molecule has 120 valence electrons. The number of rotatable bonds is 4. The van der Waals surface area contributed by atoms with Gasteiger partial charge in [-0.25, -0.2) is 0 Å². The van der Waals surface area contributed by atoms with Gasteiger partial charge in [0.05, 0.1) is 11.6 Å². The van der Waals surface area contributed by atoms with Crippen molar-refractivity contribution in [1.82, 2.24) is 9.80 Å². The van der Waals surface area contributed by atoms with E-state index < -0.39 is 0 Å². The average Bonchev–Trinajstić information content (AvgIpc) is 2.54. The molecule has 0 radical (unpaired) electrons. The number of nitrogens with zero attached hydrogens (tertiary/aromatic N) is 2. The molecule has 5 nitrogen and oxygen atoms in total. The van der Waals surface area contributed by atoms with E-state index in [-0.39, 0.29) is 11.8 Å². The van der Waals surface area contributed by atoms with Gasteiger partial charge in [-0.2, -0.15) is 0 Å². The van der Waals surface area contributed by atoms with Gasteiger partial charge in [-0.05, 0) is 40.5 Å². The number of carbonyl (C=O) groups is 2. The lowest BCUT2D eigenvalue weighted by atomic mass is 10.1. The van der Waals surface area contributed by atoms with Crippen molar-refractivity contribution in [2.45, 2.75) is 19.8 Å². The van der Waals surface area contributed by atoms with E-state index in [0.29, 0.717) is 43.9 Å². The van der Waals surface area contributed by atoms with E-state index in [9.17, 15) is 9.59 Å². The van der Waals surface area contributed by atoms with Gasteiger partial charge >= 0.3 is 0 Å². The van der Waals surface area contributed by atoms with Gasteiger partial charge in [-0.1, -0.05) is 6.92 Å². The van der Waals surface area contributed by atoms with E-state index in [1.165, 1.54) is 0 Å². The predicted octanol–water partition coefficient (Wildman–Crippen LogP) is 2.54. The van der Waals surface area contributed by atoms with Gasteiger partial charge in [-0.15, -0.1) is 0 Å². The standard InChI is InChI=1S/C16H21BrN2O3/c1-3-4-15(20)18-7-9-19(10-8-18)16(21)12-5-6-14(22-2)13(17)11-12/h5-6,11H,3-4,7-10H2,1-2H3. The minimum Gasteiger partial charge on any atom is -0.496 e. The van der Waals surface area contributed by atoms with Crippen LogP contribution in [0.25, 0.3) is 0 Å². The van der Waals surface area contributed by atoms with Gasteiger partial charge in [0.1, 0.15) is 5.75 Å². The number of hydrogen-bond donors (Lipinski definition) is 0. The number of piperazine rings is 1.